The highest BCUT2D eigenvalue weighted by atomic mass is 16.5. The van der Waals surface area contributed by atoms with Crippen LogP contribution < -0.4 is 15.8 Å². The summed E-state index contributed by atoms with van der Waals surface area (Å²) in [5.41, 5.74) is 7.04. The van der Waals surface area contributed by atoms with Gasteiger partial charge < -0.3 is 20.7 Å². The number of hydrogen-bond acceptors (Lipinski definition) is 4. The van der Waals surface area contributed by atoms with E-state index in [-0.39, 0.29) is 5.91 Å². The van der Waals surface area contributed by atoms with Gasteiger partial charge in [0.05, 0.1) is 12.3 Å². The first-order chi connectivity index (χ1) is 10.5. The predicted molar refractivity (Wildman–Crippen MR) is 91.4 cm³/mol. The number of benzene rings is 1. The summed E-state index contributed by atoms with van der Waals surface area (Å²) in [5.74, 6) is 0.546. The number of nitrogen functional groups attached to an aromatic ring is 1. The quantitative estimate of drug-likeness (QED) is 0.515. The molecule has 0 radical (unpaired) electrons. The number of anilines is 1. The van der Waals surface area contributed by atoms with Gasteiger partial charge in [-0.05, 0) is 38.7 Å². The minimum atomic E-state index is -0.108. The minimum absolute atomic E-state index is 0.108. The predicted octanol–water partition coefficient (Wildman–Crippen LogP) is 2.52. The van der Waals surface area contributed by atoms with Gasteiger partial charge in [-0.15, -0.1) is 0 Å². The van der Waals surface area contributed by atoms with Gasteiger partial charge in [0, 0.05) is 18.7 Å². The summed E-state index contributed by atoms with van der Waals surface area (Å²) < 4.78 is 5.67. The Morgan fingerprint density at radius 3 is 2.68 bits per heavy atom. The molecule has 0 aromatic heterocycles. The van der Waals surface area contributed by atoms with Crippen LogP contribution in [-0.4, -0.2) is 44.6 Å². The molecule has 5 nitrogen and oxygen atoms in total. The lowest BCUT2D eigenvalue weighted by molar-refractivity contribution is 0.0951. The highest BCUT2D eigenvalue weighted by Crippen LogP contribution is 2.22. The molecule has 3 N–H and O–H groups in total. The number of nitrogens with zero attached hydrogens (tertiary/aromatic N) is 1. The van der Waals surface area contributed by atoms with E-state index in [1.165, 1.54) is 19.3 Å². The number of hydrogen-bond donors (Lipinski definition) is 2. The summed E-state index contributed by atoms with van der Waals surface area (Å²) in [5, 5.41) is 2.87. The molecule has 1 aromatic carbocycles. The zero-order chi connectivity index (χ0) is 16.4. The van der Waals surface area contributed by atoms with Crippen molar-refractivity contribution < 1.29 is 9.53 Å². The Morgan fingerprint density at radius 1 is 1.27 bits per heavy atom. The molecule has 0 bridgehead atoms. The number of ether oxygens (including phenoxy) is 1. The molecule has 1 aromatic rings. The second-order valence-electron chi connectivity index (χ2n) is 5.72. The molecule has 0 atom stereocenters. The first-order valence-corrected chi connectivity index (χ1v) is 7.99. The van der Waals surface area contributed by atoms with E-state index >= 15 is 0 Å². The van der Waals surface area contributed by atoms with Crippen molar-refractivity contribution in [3.63, 3.8) is 0 Å². The molecule has 124 valence electrons. The van der Waals surface area contributed by atoms with E-state index in [0.29, 0.717) is 30.2 Å². The number of carbonyl (C=O) groups excluding carboxylic acids is 1. The van der Waals surface area contributed by atoms with Crippen LogP contribution in [0.1, 0.15) is 43.0 Å². The molecule has 22 heavy (non-hydrogen) atoms. The smallest absolute Gasteiger partial charge is 0.251 e. The summed E-state index contributed by atoms with van der Waals surface area (Å²) in [4.78, 5) is 14.0. The summed E-state index contributed by atoms with van der Waals surface area (Å²) in [6.45, 7) is 4.27. The molecular formula is C17H29N3O2. The van der Waals surface area contributed by atoms with Crippen LogP contribution in [0.3, 0.4) is 0 Å². The number of carbonyl (C=O) groups is 1. The second-order valence-corrected chi connectivity index (χ2v) is 5.72. The molecule has 0 spiro atoms. The van der Waals surface area contributed by atoms with Crippen molar-refractivity contribution in [3.8, 4) is 5.75 Å². The van der Waals surface area contributed by atoms with Crippen molar-refractivity contribution >= 4 is 11.6 Å². The van der Waals surface area contributed by atoms with Crippen LogP contribution in [0, 0.1) is 0 Å². The Kier molecular flexibility index (Phi) is 8.36. The van der Waals surface area contributed by atoms with Crippen LogP contribution in [0.5, 0.6) is 5.75 Å². The number of rotatable bonds is 10. The second kappa shape index (κ2) is 10.1. The van der Waals surface area contributed by atoms with Crippen LogP contribution in [0.25, 0.3) is 0 Å². The van der Waals surface area contributed by atoms with Crippen molar-refractivity contribution in [2.24, 2.45) is 0 Å². The third-order valence-corrected chi connectivity index (χ3v) is 3.37. The van der Waals surface area contributed by atoms with Gasteiger partial charge in [-0.2, -0.15) is 0 Å². The summed E-state index contributed by atoms with van der Waals surface area (Å²) in [6.07, 6.45) is 4.63. The first kappa shape index (κ1) is 18.3. The lowest BCUT2D eigenvalue weighted by atomic mass is 10.1. The van der Waals surface area contributed by atoms with Crippen LogP contribution in [0.4, 0.5) is 5.69 Å². The third-order valence-electron chi connectivity index (χ3n) is 3.37. The van der Waals surface area contributed by atoms with Crippen LogP contribution >= 0.6 is 0 Å². The lowest BCUT2D eigenvalue weighted by Gasteiger charge is -2.12. The fourth-order valence-electron chi connectivity index (χ4n) is 2.03. The molecule has 0 aliphatic carbocycles. The van der Waals surface area contributed by atoms with Crippen molar-refractivity contribution in [2.75, 3.05) is 39.5 Å². The number of nitrogens with two attached hydrogens (primary N) is 1. The normalized spacial score (nSPS) is 10.7. The Morgan fingerprint density at radius 2 is 2.05 bits per heavy atom. The lowest BCUT2D eigenvalue weighted by Crippen LogP contribution is -2.31. The Bertz CT molecular complexity index is 461. The van der Waals surface area contributed by atoms with Crippen molar-refractivity contribution in [3.05, 3.63) is 23.8 Å². The summed E-state index contributed by atoms with van der Waals surface area (Å²) in [7, 11) is 3.94. The Labute approximate surface area is 133 Å². The third kappa shape index (κ3) is 6.80. The number of unbranched alkanes of at least 4 members (excludes halogenated alkanes) is 3. The summed E-state index contributed by atoms with van der Waals surface area (Å²) >= 11 is 0. The van der Waals surface area contributed by atoms with Crippen molar-refractivity contribution in [1.29, 1.82) is 0 Å². The Hall–Kier alpha value is -1.75. The maximum Gasteiger partial charge on any atom is 0.251 e. The van der Waals surface area contributed by atoms with Gasteiger partial charge in [-0.3, -0.25) is 4.79 Å². The summed E-state index contributed by atoms with van der Waals surface area (Å²) in [6, 6.07) is 5.20. The van der Waals surface area contributed by atoms with Gasteiger partial charge in [0.2, 0.25) is 0 Å². The average molecular weight is 307 g/mol. The maximum atomic E-state index is 12.0. The number of nitrogens with one attached hydrogen (secondary N) is 1. The van der Waals surface area contributed by atoms with Gasteiger partial charge >= 0.3 is 0 Å². The SMILES string of the molecule is CCCCCCOc1ccc(C(=O)NCCN(C)C)cc1N. The van der Waals surface area contributed by atoms with Gasteiger partial charge in [0.25, 0.3) is 5.91 Å². The zero-order valence-corrected chi connectivity index (χ0v) is 14.0. The topological polar surface area (TPSA) is 67.6 Å². The highest BCUT2D eigenvalue weighted by Gasteiger charge is 2.08. The van der Waals surface area contributed by atoms with Gasteiger partial charge in [-0.1, -0.05) is 26.2 Å². The fraction of sp³-hybridized carbons (Fsp3) is 0.588. The highest BCUT2D eigenvalue weighted by molar-refractivity contribution is 5.95. The minimum Gasteiger partial charge on any atom is -0.491 e. The van der Waals surface area contributed by atoms with E-state index in [0.717, 1.165) is 13.0 Å². The Balaban J connectivity index is 2.45. The van der Waals surface area contributed by atoms with Crippen LogP contribution in [0.2, 0.25) is 0 Å². The average Bonchev–Trinajstić information content (AvgIpc) is 2.48. The number of amides is 1. The van der Waals surface area contributed by atoms with E-state index in [9.17, 15) is 4.79 Å². The molecular weight excluding hydrogens is 278 g/mol. The molecule has 0 aliphatic heterocycles. The van der Waals surface area contributed by atoms with Crippen molar-refractivity contribution in [1.82, 2.24) is 10.2 Å². The molecule has 0 saturated carbocycles. The van der Waals surface area contributed by atoms with Gasteiger partial charge in [0.15, 0.2) is 0 Å². The largest absolute Gasteiger partial charge is 0.491 e. The van der Waals surface area contributed by atoms with Crippen molar-refractivity contribution in [2.45, 2.75) is 32.6 Å². The molecule has 0 aliphatic rings. The standard InChI is InChI=1S/C17H29N3O2/c1-4-5-6-7-12-22-16-9-8-14(13-15(16)18)17(21)19-10-11-20(2)3/h8-9,13H,4-7,10-12,18H2,1-3H3,(H,19,21). The fourth-order valence-corrected chi connectivity index (χ4v) is 2.03. The molecule has 1 rings (SSSR count). The van der Waals surface area contributed by atoms with E-state index in [2.05, 4.69) is 12.2 Å². The van der Waals surface area contributed by atoms with Gasteiger partial charge in [-0.25, -0.2) is 0 Å². The molecule has 0 fully saturated rings. The number of likely N-dealkylation sites (N-methyl/N-ethyl adjacent to an activating group) is 1. The van der Waals surface area contributed by atoms with Crippen LogP contribution in [-0.2, 0) is 0 Å². The van der Waals surface area contributed by atoms with E-state index < -0.39 is 0 Å². The van der Waals surface area contributed by atoms with Gasteiger partial charge in [0.1, 0.15) is 5.75 Å². The molecule has 0 heterocycles. The van der Waals surface area contributed by atoms with Crippen LogP contribution in [0.15, 0.2) is 18.2 Å². The zero-order valence-electron chi connectivity index (χ0n) is 14.0. The van der Waals surface area contributed by atoms with E-state index in [1.807, 2.05) is 19.0 Å². The van der Waals surface area contributed by atoms with E-state index in [4.69, 9.17) is 10.5 Å². The molecule has 0 saturated heterocycles. The molecule has 1 amide bonds. The van der Waals surface area contributed by atoms with E-state index in [1.54, 1.807) is 18.2 Å². The first-order valence-electron chi connectivity index (χ1n) is 7.99. The maximum absolute atomic E-state index is 12.0. The molecule has 0 unspecified atom stereocenters. The monoisotopic (exact) mass is 307 g/mol. The molecule has 5 heteroatoms.